The molecule has 0 unspecified atom stereocenters. The van der Waals surface area contributed by atoms with Crippen molar-refractivity contribution in [2.45, 2.75) is 40.8 Å². The van der Waals surface area contributed by atoms with Crippen molar-refractivity contribution in [2.24, 2.45) is 0 Å². The zero-order valence-corrected chi connectivity index (χ0v) is 17.1. The Labute approximate surface area is 168 Å². The van der Waals surface area contributed by atoms with Crippen LogP contribution in [0.1, 0.15) is 25.0 Å². The summed E-state index contributed by atoms with van der Waals surface area (Å²) in [6.45, 7) is 8.09. The van der Waals surface area contributed by atoms with Gasteiger partial charge in [0.25, 0.3) is 5.91 Å². The number of fused-ring (bicyclic) bond motifs is 1. The number of carbonyl (C=O) groups excluding carboxylic acids is 1. The average Bonchev–Trinajstić information content (AvgIpc) is 2.70. The number of nitrogens with one attached hydrogen (secondary N) is 1. The minimum absolute atomic E-state index is 0.129. The summed E-state index contributed by atoms with van der Waals surface area (Å²) in [5.41, 5.74) is 2.67. The van der Waals surface area contributed by atoms with Crippen molar-refractivity contribution in [3.8, 4) is 5.75 Å². The highest BCUT2D eigenvalue weighted by Crippen LogP contribution is 2.22. The summed E-state index contributed by atoms with van der Waals surface area (Å²) in [6.07, 6.45) is 0. The van der Waals surface area contributed by atoms with E-state index in [1.54, 1.807) is 6.07 Å². The highest BCUT2D eigenvalue weighted by atomic mass is 16.5. The Morgan fingerprint density at radius 2 is 1.48 bits per heavy atom. The number of hydrogen-bond acceptors (Lipinski definition) is 4. The number of nitrogens with zero attached hydrogens (tertiary/aromatic N) is 2. The van der Waals surface area contributed by atoms with Crippen LogP contribution >= 0.6 is 0 Å². The van der Waals surface area contributed by atoms with Gasteiger partial charge in [-0.1, -0.05) is 17.7 Å². The third kappa shape index (κ3) is 4.08. The molecular formula is C22H25N3O4. The number of aryl methyl sites for hydroxylation is 4. The Hall–Kier alpha value is -3.35. The topological polar surface area (TPSA) is 82.3 Å². The zero-order chi connectivity index (χ0) is 21.1. The van der Waals surface area contributed by atoms with E-state index in [9.17, 15) is 14.4 Å². The van der Waals surface area contributed by atoms with Gasteiger partial charge in [-0.3, -0.25) is 14.4 Å². The number of amides is 1. The number of aromatic nitrogens is 2. The summed E-state index contributed by atoms with van der Waals surface area (Å²) in [4.78, 5) is 37.1. The molecular weight excluding hydrogens is 370 g/mol. The van der Waals surface area contributed by atoms with Crippen LogP contribution in [0.5, 0.6) is 5.75 Å². The van der Waals surface area contributed by atoms with Gasteiger partial charge in [0.1, 0.15) is 5.75 Å². The van der Waals surface area contributed by atoms with Gasteiger partial charge in [0.05, 0.1) is 11.0 Å². The van der Waals surface area contributed by atoms with E-state index in [0.29, 0.717) is 35.6 Å². The van der Waals surface area contributed by atoms with Gasteiger partial charge in [-0.05, 0) is 57.5 Å². The lowest BCUT2D eigenvalue weighted by Crippen LogP contribution is -2.41. The van der Waals surface area contributed by atoms with Crippen LogP contribution in [-0.4, -0.2) is 21.6 Å². The molecule has 3 aromatic rings. The second-order valence-corrected chi connectivity index (χ2v) is 6.90. The third-order valence-electron chi connectivity index (χ3n) is 4.87. The molecule has 7 heteroatoms. The molecule has 3 rings (SSSR count). The molecule has 0 fully saturated rings. The van der Waals surface area contributed by atoms with Crippen molar-refractivity contribution < 1.29 is 9.53 Å². The van der Waals surface area contributed by atoms with Crippen LogP contribution in [0, 0.1) is 13.8 Å². The lowest BCUT2D eigenvalue weighted by atomic mass is 10.1. The van der Waals surface area contributed by atoms with Crippen LogP contribution in [-0.2, 0) is 17.9 Å². The first-order valence-corrected chi connectivity index (χ1v) is 9.63. The van der Waals surface area contributed by atoms with Crippen LogP contribution < -0.4 is 21.2 Å². The third-order valence-corrected chi connectivity index (χ3v) is 4.87. The van der Waals surface area contributed by atoms with E-state index in [2.05, 4.69) is 5.32 Å². The summed E-state index contributed by atoms with van der Waals surface area (Å²) in [6, 6.07) is 11.0. The van der Waals surface area contributed by atoms with E-state index < -0.39 is 11.1 Å². The van der Waals surface area contributed by atoms with E-state index in [-0.39, 0.29) is 12.5 Å². The summed E-state index contributed by atoms with van der Waals surface area (Å²) in [7, 11) is 0. The van der Waals surface area contributed by atoms with Gasteiger partial charge in [0.2, 0.25) is 0 Å². The van der Waals surface area contributed by atoms with Gasteiger partial charge in [-0.25, -0.2) is 0 Å². The van der Waals surface area contributed by atoms with Crippen molar-refractivity contribution in [2.75, 3.05) is 11.9 Å². The molecule has 1 N–H and O–H groups in total. The Balaban J connectivity index is 1.91. The molecule has 0 aliphatic carbocycles. The van der Waals surface area contributed by atoms with Gasteiger partial charge in [0.15, 0.2) is 6.61 Å². The molecule has 0 saturated heterocycles. The highest BCUT2D eigenvalue weighted by Gasteiger charge is 2.15. The van der Waals surface area contributed by atoms with Crippen molar-refractivity contribution in [1.82, 2.24) is 9.13 Å². The Morgan fingerprint density at radius 1 is 0.931 bits per heavy atom. The standard InChI is InChI=1S/C22H25N3O4/c1-5-24-18-11-15(4)17(12-19(18)25(6-2)22(28)21(24)27)23-20(26)13-29-16-9-7-14(3)8-10-16/h7-12H,5-6,13H2,1-4H3,(H,23,26). The van der Waals surface area contributed by atoms with Crippen LogP contribution in [0.4, 0.5) is 5.69 Å². The van der Waals surface area contributed by atoms with E-state index in [1.165, 1.54) is 9.13 Å². The predicted octanol–water partition coefficient (Wildman–Crippen LogP) is 2.84. The van der Waals surface area contributed by atoms with Crippen LogP contribution in [0.15, 0.2) is 46.0 Å². The highest BCUT2D eigenvalue weighted by molar-refractivity contribution is 5.95. The lowest BCUT2D eigenvalue weighted by molar-refractivity contribution is -0.118. The first kappa shape index (κ1) is 20.4. The first-order valence-electron chi connectivity index (χ1n) is 9.63. The van der Waals surface area contributed by atoms with E-state index in [1.807, 2.05) is 58.0 Å². The molecule has 0 bridgehead atoms. The molecule has 152 valence electrons. The number of carbonyl (C=O) groups is 1. The number of rotatable bonds is 6. The fourth-order valence-corrected chi connectivity index (χ4v) is 3.30. The molecule has 0 spiro atoms. The molecule has 0 atom stereocenters. The maximum Gasteiger partial charge on any atom is 0.316 e. The summed E-state index contributed by atoms with van der Waals surface area (Å²) in [5.74, 6) is 0.315. The molecule has 2 aromatic carbocycles. The Bertz CT molecular complexity index is 1170. The quantitative estimate of drug-likeness (QED) is 0.651. The van der Waals surface area contributed by atoms with E-state index in [4.69, 9.17) is 4.74 Å². The van der Waals surface area contributed by atoms with Crippen molar-refractivity contribution in [1.29, 1.82) is 0 Å². The second-order valence-electron chi connectivity index (χ2n) is 6.90. The van der Waals surface area contributed by atoms with Gasteiger partial charge in [-0.2, -0.15) is 0 Å². The number of hydrogen-bond donors (Lipinski definition) is 1. The maximum atomic E-state index is 12.4. The minimum Gasteiger partial charge on any atom is -0.484 e. The van der Waals surface area contributed by atoms with Crippen LogP contribution in [0.3, 0.4) is 0 Å². The molecule has 1 heterocycles. The van der Waals surface area contributed by atoms with Gasteiger partial charge >= 0.3 is 11.1 Å². The molecule has 7 nitrogen and oxygen atoms in total. The minimum atomic E-state index is -0.564. The smallest absolute Gasteiger partial charge is 0.316 e. The van der Waals surface area contributed by atoms with E-state index in [0.717, 1.165) is 11.1 Å². The Morgan fingerprint density at radius 3 is 2.03 bits per heavy atom. The molecule has 0 aliphatic heterocycles. The van der Waals surface area contributed by atoms with Crippen LogP contribution in [0.25, 0.3) is 11.0 Å². The largest absolute Gasteiger partial charge is 0.484 e. The lowest BCUT2D eigenvalue weighted by Gasteiger charge is -2.16. The molecule has 29 heavy (non-hydrogen) atoms. The maximum absolute atomic E-state index is 12.4. The molecule has 0 aliphatic rings. The molecule has 0 saturated carbocycles. The Kier molecular flexibility index (Phi) is 5.87. The molecule has 1 amide bonds. The number of anilines is 1. The molecule has 1 aromatic heterocycles. The van der Waals surface area contributed by atoms with Crippen molar-refractivity contribution in [3.63, 3.8) is 0 Å². The summed E-state index contributed by atoms with van der Waals surface area (Å²) in [5, 5.41) is 2.84. The SMILES string of the molecule is CCn1c(=O)c(=O)n(CC)c2cc(NC(=O)COc3ccc(C)cc3)c(C)cc21. The van der Waals surface area contributed by atoms with Gasteiger partial charge in [-0.15, -0.1) is 0 Å². The monoisotopic (exact) mass is 395 g/mol. The zero-order valence-electron chi connectivity index (χ0n) is 17.1. The fourth-order valence-electron chi connectivity index (χ4n) is 3.30. The second kappa shape index (κ2) is 8.34. The predicted molar refractivity (Wildman–Crippen MR) is 114 cm³/mol. The summed E-state index contributed by atoms with van der Waals surface area (Å²) >= 11 is 0. The number of ether oxygens (including phenoxy) is 1. The van der Waals surface area contributed by atoms with E-state index >= 15 is 0 Å². The number of benzene rings is 2. The molecule has 0 radical (unpaired) electrons. The summed E-state index contributed by atoms with van der Waals surface area (Å²) < 4.78 is 8.42. The van der Waals surface area contributed by atoms with Crippen LogP contribution in [0.2, 0.25) is 0 Å². The fraction of sp³-hybridized carbons (Fsp3) is 0.318. The van der Waals surface area contributed by atoms with Gasteiger partial charge in [0, 0.05) is 18.8 Å². The van der Waals surface area contributed by atoms with Crippen molar-refractivity contribution >= 4 is 22.6 Å². The normalized spacial score (nSPS) is 10.9. The first-order chi connectivity index (χ1) is 13.8. The van der Waals surface area contributed by atoms with Crippen molar-refractivity contribution in [3.05, 3.63) is 68.2 Å². The van der Waals surface area contributed by atoms with Gasteiger partial charge < -0.3 is 19.2 Å². The average molecular weight is 395 g/mol.